The molecule has 0 saturated carbocycles. The van der Waals surface area contributed by atoms with E-state index in [1.165, 1.54) is 11.3 Å². The molecular formula is C21H20N2O. The molecule has 0 spiro atoms. The van der Waals surface area contributed by atoms with Crippen molar-refractivity contribution in [3.63, 3.8) is 0 Å². The van der Waals surface area contributed by atoms with Gasteiger partial charge in [-0.1, -0.05) is 42.5 Å². The molecule has 0 N–H and O–H groups in total. The first kappa shape index (κ1) is 14.8. The lowest BCUT2D eigenvalue weighted by atomic mass is 10.0. The van der Waals surface area contributed by atoms with Crippen molar-refractivity contribution < 1.29 is 4.79 Å². The van der Waals surface area contributed by atoms with Crippen LogP contribution in [0.1, 0.15) is 29.0 Å². The molecule has 3 aromatic rings. The first-order chi connectivity index (χ1) is 11.7. The molecule has 2 aromatic carbocycles. The van der Waals surface area contributed by atoms with Crippen LogP contribution in [0.25, 0.3) is 11.1 Å². The quantitative estimate of drug-likeness (QED) is 0.689. The van der Waals surface area contributed by atoms with Crippen molar-refractivity contribution in [1.29, 1.82) is 0 Å². The minimum absolute atomic E-state index is 0.106. The Balaban J connectivity index is 1.57. The molecular weight excluding hydrogens is 296 g/mol. The van der Waals surface area contributed by atoms with E-state index >= 15 is 0 Å². The van der Waals surface area contributed by atoms with Crippen LogP contribution >= 0.6 is 0 Å². The Bertz CT molecular complexity index is 849. The van der Waals surface area contributed by atoms with Crippen molar-refractivity contribution in [2.24, 2.45) is 0 Å². The molecule has 1 atom stereocenters. The van der Waals surface area contributed by atoms with Crippen LogP contribution in [0, 0.1) is 0 Å². The van der Waals surface area contributed by atoms with Gasteiger partial charge in [-0.3, -0.25) is 4.79 Å². The molecule has 0 fully saturated rings. The third kappa shape index (κ3) is 2.52. The van der Waals surface area contributed by atoms with Crippen molar-refractivity contribution in [2.45, 2.75) is 19.5 Å². The average Bonchev–Trinajstić information content (AvgIpc) is 3.12. The van der Waals surface area contributed by atoms with Crippen LogP contribution in [0.15, 0.2) is 72.9 Å². The molecule has 1 aromatic heterocycles. The summed E-state index contributed by atoms with van der Waals surface area (Å²) in [7, 11) is 0. The molecule has 0 aliphatic carbocycles. The van der Waals surface area contributed by atoms with E-state index in [-0.39, 0.29) is 11.9 Å². The maximum atomic E-state index is 12.9. The van der Waals surface area contributed by atoms with Crippen molar-refractivity contribution in [3.05, 3.63) is 84.2 Å². The van der Waals surface area contributed by atoms with Gasteiger partial charge in [0.05, 0.1) is 6.04 Å². The minimum atomic E-state index is 0.106. The normalized spacial score (nSPS) is 16.7. The van der Waals surface area contributed by atoms with Gasteiger partial charge in [-0.25, -0.2) is 0 Å². The number of benzene rings is 2. The fourth-order valence-electron chi connectivity index (χ4n) is 3.46. The van der Waals surface area contributed by atoms with Gasteiger partial charge in [0.15, 0.2) is 0 Å². The summed E-state index contributed by atoms with van der Waals surface area (Å²) in [5, 5.41) is 0. The molecule has 3 heteroatoms. The highest BCUT2D eigenvalue weighted by molar-refractivity contribution is 5.95. The Kier molecular flexibility index (Phi) is 3.69. The summed E-state index contributed by atoms with van der Waals surface area (Å²) >= 11 is 0. The zero-order chi connectivity index (χ0) is 16.5. The summed E-state index contributed by atoms with van der Waals surface area (Å²) in [6.45, 7) is 3.71. The number of aromatic nitrogens is 1. The highest BCUT2D eigenvalue weighted by Crippen LogP contribution is 2.27. The summed E-state index contributed by atoms with van der Waals surface area (Å²) in [6, 6.07) is 22.4. The lowest BCUT2D eigenvalue weighted by Gasteiger charge is -2.35. The van der Waals surface area contributed by atoms with Gasteiger partial charge in [-0.2, -0.15) is 0 Å². The van der Waals surface area contributed by atoms with Crippen molar-refractivity contribution in [3.8, 4) is 11.1 Å². The smallest absolute Gasteiger partial charge is 0.254 e. The van der Waals surface area contributed by atoms with Crippen LogP contribution in [-0.4, -0.2) is 21.9 Å². The molecule has 0 unspecified atom stereocenters. The van der Waals surface area contributed by atoms with Crippen LogP contribution in [0.4, 0.5) is 0 Å². The van der Waals surface area contributed by atoms with Gasteiger partial charge < -0.3 is 9.47 Å². The van der Waals surface area contributed by atoms with E-state index in [1.807, 2.05) is 47.4 Å². The molecule has 120 valence electrons. The predicted octanol–water partition coefficient (Wildman–Crippen LogP) is 4.37. The third-order valence-electron chi connectivity index (χ3n) is 4.84. The summed E-state index contributed by atoms with van der Waals surface area (Å²) in [4.78, 5) is 14.9. The number of fused-ring (bicyclic) bond motifs is 1. The summed E-state index contributed by atoms with van der Waals surface area (Å²) in [5.41, 5.74) is 4.26. The zero-order valence-corrected chi connectivity index (χ0v) is 13.7. The Hall–Kier alpha value is -2.81. The number of hydrogen-bond acceptors (Lipinski definition) is 1. The first-order valence-electron chi connectivity index (χ1n) is 8.35. The van der Waals surface area contributed by atoms with Gasteiger partial charge in [0.2, 0.25) is 0 Å². The second-order valence-electron chi connectivity index (χ2n) is 6.24. The van der Waals surface area contributed by atoms with Gasteiger partial charge in [-0.15, -0.1) is 0 Å². The van der Waals surface area contributed by atoms with Gasteiger partial charge in [-0.05, 0) is 42.3 Å². The number of nitrogens with zero attached hydrogens (tertiary/aromatic N) is 2. The van der Waals surface area contributed by atoms with Crippen LogP contribution in [0.2, 0.25) is 0 Å². The van der Waals surface area contributed by atoms with Gasteiger partial charge in [0.25, 0.3) is 5.91 Å². The molecule has 3 nitrogen and oxygen atoms in total. The highest BCUT2D eigenvalue weighted by Gasteiger charge is 2.27. The van der Waals surface area contributed by atoms with E-state index < -0.39 is 0 Å². The van der Waals surface area contributed by atoms with Crippen LogP contribution in [0.3, 0.4) is 0 Å². The van der Waals surface area contributed by atoms with Crippen molar-refractivity contribution >= 4 is 5.91 Å². The third-order valence-corrected chi connectivity index (χ3v) is 4.84. The summed E-state index contributed by atoms with van der Waals surface area (Å²) in [5.74, 6) is 0.106. The number of carbonyl (C=O) groups excluding carboxylic acids is 1. The SMILES string of the molecule is C[C@@H]1c2cccn2CCN1C(=O)c1ccc(-c2ccccc2)cc1. The molecule has 24 heavy (non-hydrogen) atoms. The number of carbonyl (C=O) groups is 1. The second kappa shape index (κ2) is 6.00. The molecule has 1 aliphatic rings. The van der Waals surface area contributed by atoms with Crippen LogP contribution in [-0.2, 0) is 6.54 Å². The Labute approximate surface area is 142 Å². The molecule has 1 aliphatic heterocycles. The molecule has 0 radical (unpaired) electrons. The predicted molar refractivity (Wildman–Crippen MR) is 95.8 cm³/mol. The van der Waals surface area contributed by atoms with Crippen molar-refractivity contribution in [2.75, 3.05) is 6.54 Å². The Morgan fingerprint density at radius 1 is 0.875 bits per heavy atom. The molecule has 4 rings (SSSR count). The molecule has 1 amide bonds. The fourth-order valence-corrected chi connectivity index (χ4v) is 3.46. The molecule has 0 bridgehead atoms. The maximum Gasteiger partial charge on any atom is 0.254 e. The van der Waals surface area contributed by atoms with Crippen LogP contribution < -0.4 is 0 Å². The van der Waals surface area contributed by atoms with Gasteiger partial charge >= 0.3 is 0 Å². The summed E-state index contributed by atoms with van der Waals surface area (Å²) in [6.07, 6.45) is 2.09. The van der Waals surface area contributed by atoms with Crippen LogP contribution in [0.5, 0.6) is 0 Å². The standard InChI is InChI=1S/C21H20N2O/c1-16-20-8-5-13-22(20)14-15-23(16)21(24)19-11-9-18(10-12-19)17-6-3-2-4-7-17/h2-13,16H,14-15H2,1H3/t16-/m1/s1. The molecule has 2 heterocycles. The maximum absolute atomic E-state index is 12.9. The minimum Gasteiger partial charge on any atom is -0.348 e. The Morgan fingerprint density at radius 3 is 2.33 bits per heavy atom. The number of hydrogen-bond donors (Lipinski definition) is 0. The monoisotopic (exact) mass is 316 g/mol. The topological polar surface area (TPSA) is 25.2 Å². The fraction of sp³-hybridized carbons (Fsp3) is 0.190. The van der Waals surface area contributed by atoms with Gasteiger partial charge in [0, 0.05) is 30.5 Å². The number of amides is 1. The van der Waals surface area contributed by atoms with Crippen molar-refractivity contribution in [1.82, 2.24) is 9.47 Å². The van der Waals surface area contributed by atoms with E-state index in [0.29, 0.717) is 0 Å². The van der Waals surface area contributed by atoms with E-state index in [9.17, 15) is 4.79 Å². The lowest BCUT2D eigenvalue weighted by molar-refractivity contribution is 0.0644. The second-order valence-corrected chi connectivity index (χ2v) is 6.24. The number of rotatable bonds is 2. The van der Waals surface area contributed by atoms with E-state index in [0.717, 1.165) is 24.2 Å². The van der Waals surface area contributed by atoms with E-state index in [4.69, 9.17) is 0 Å². The summed E-state index contributed by atoms with van der Waals surface area (Å²) < 4.78 is 2.23. The van der Waals surface area contributed by atoms with E-state index in [1.54, 1.807) is 0 Å². The molecule has 0 saturated heterocycles. The average molecular weight is 316 g/mol. The highest BCUT2D eigenvalue weighted by atomic mass is 16.2. The van der Waals surface area contributed by atoms with Gasteiger partial charge in [0.1, 0.15) is 0 Å². The first-order valence-corrected chi connectivity index (χ1v) is 8.35. The zero-order valence-electron chi connectivity index (χ0n) is 13.7. The lowest BCUT2D eigenvalue weighted by Crippen LogP contribution is -2.40. The largest absolute Gasteiger partial charge is 0.348 e. The van der Waals surface area contributed by atoms with E-state index in [2.05, 4.69) is 42.0 Å². The Morgan fingerprint density at radius 2 is 1.58 bits per heavy atom.